The van der Waals surface area contributed by atoms with Crippen LogP contribution >= 0.6 is 0 Å². The Morgan fingerprint density at radius 1 is 0.735 bits per heavy atom. The summed E-state index contributed by atoms with van der Waals surface area (Å²) in [5.74, 6) is -12.1. The molecule has 0 fully saturated rings. The average Bonchev–Trinajstić information content (AvgIpc) is 2.81. The summed E-state index contributed by atoms with van der Waals surface area (Å²) in [5, 5.41) is 107. The van der Waals surface area contributed by atoms with Gasteiger partial charge in [-0.25, -0.2) is 0 Å². The number of ketones is 3. The number of carbonyl (C=O) groups excluding carboxylic acids is 3. The molecule has 4 atom stereocenters. The summed E-state index contributed by atoms with van der Waals surface area (Å²) in [4.78, 5) is 38.0. The quantitative estimate of drug-likeness (QED) is 0.0986. The number of Topliss-reactive ketones (excluding diaryl/α,β-unsaturated/α-hetero) is 3. The van der Waals surface area contributed by atoms with E-state index in [1.54, 1.807) is 0 Å². The van der Waals surface area contributed by atoms with Gasteiger partial charge in [-0.3, -0.25) is 14.4 Å². The summed E-state index contributed by atoms with van der Waals surface area (Å²) >= 11 is 0. The minimum absolute atomic E-state index is 0.454. The normalized spacial score (nSPS) is 15.7. The van der Waals surface area contributed by atoms with Crippen LogP contribution in [0.4, 0.5) is 0 Å². The Morgan fingerprint density at radius 3 is 1.50 bits per heavy atom. The minimum Gasteiger partial charge on any atom is -0.504 e. The van der Waals surface area contributed by atoms with Gasteiger partial charge in [0.15, 0.2) is 46.2 Å². The second-order valence-corrected chi connectivity index (χ2v) is 7.17. The molecule has 184 valence electrons. The average molecular weight is 484 g/mol. The Balaban J connectivity index is 2.60. The number of carbonyl (C=O) groups is 3. The van der Waals surface area contributed by atoms with Gasteiger partial charge in [-0.2, -0.15) is 0 Å². The third kappa shape index (κ3) is 4.43. The van der Waals surface area contributed by atoms with Crippen molar-refractivity contribution in [3.63, 3.8) is 0 Å². The molecular weight excluding hydrogens is 464 g/mol. The van der Waals surface area contributed by atoms with Crippen LogP contribution in [0.1, 0.15) is 20.7 Å². The largest absolute Gasteiger partial charge is 0.504 e. The second kappa shape index (κ2) is 9.50. The summed E-state index contributed by atoms with van der Waals surface area (Å²) in [6.45, 7) is -1.31. The Morgan fingerprint density at radius 2 is 1.12 bits per heavy atom. The van der Waals surface area contributed by atoms with Crippen LogP contribution in [0.5, 0.6) is 34.5 Å². The first kappa shape index (κ1) is 26.3. The van der Waals surface area contributed by atoms with Crippen molar-refractivity contribution in [2.75, 3.05) is 6.61 Å². The van der Waals surface area contributed by atoms with Gasteiger partial charge in [0.25, 0.3) is 0 Å². The zero-order valence-corrected chi connectivity index (χ0v) is 16.9. The fourth-order valence-corrected chi connectivity index (χ4v) is 2.98. The smallest absolute Gasteiger partial charge is 0.235 e. The maximum Gasteiger partial charge on any atom is 0.235 e. The molecule has 0 saturated heterocycles. The maximum absolute atomic E-state index is 13.0. The first-order valence-corrected chi connectivity index (χ1v) is 9.19. The summed E-state index contributed by atoms with van der Waals surface area (Å²) in [6, 6.07) is 1.90. The van der Waals surface area contributed by atoms with E-state index < -0.39 is 93.5 Å². The molecule has 14 heteroatoms. The molecule has 0 saturated carbocycles. The van der Waals surface area contributed by atoms with Crippen LogP contribution in [0.3, 0.4) is 0 Å². The molecule has 0 heterocycles. The molecule has 0 radical (unpaired) electrons. The van der Waals surface area contributed by atoms with E-state index in [4.69, 9.17) is 5.11 Å². The Bertz CT molecular complexity index is 1100. The third-order valence-electron chi connectivity index (χ3n) is 4.92. The molecule has 0 amide bonds. The number of phenolic OH excluding ortho intramolecular Hbond substituents is 6. The van der Waals surface area contributed by atoms with Crippen molar-refractivity contribution < 1.29 is 70.6 Å². The van der Waals surface area contributed by atoms with Crippen LogP contribution < -0.4 is 0 Å². The van der Waals surface area contributed by atoms with Crippen LogP contribution in [-0.2, 0) is 4.79 Å². The Kier molecular flexibility index (Phi) is 7.35. The molecule has 0 bridgehead atoms. The van der Waals surface area contributed by atoms with Crippen molar-refractivity contribution in [3.8, 4) is 34.5 Å². The molecule has 0 spiro atoms. The highest BCUT2D eigenvalue weighted by Gasteiger charge is 2.56. The molecule has 11 N–H and O–H groups in total. The van der Waals surface area contributed by atoms with E-state index in [1.807, 2.05) is 0 Å². The van der Waals surface area contributed by atoms with Crippen LogP contribution in [0.2, 0.25) is 0 Å². The van der Waals surface area contributed by atoms with Gasteiger partial charge < -0.3 is 56.2 Å². The molecule has 0 aliphatic heterocycles. The van der Waals surface area contributed by atoms with Gasteiger partial charge in [-0.05, 0) is 24.3 Å². The predicted octanol–water partition coefficient (Wildman–Crippen LogP) is -2.64. The molecule has 2 aromatic rings. The highest BCUT2D eigenvalue weighted by molar-refractivity contribution is 6.46. The van der Waals surface area contributed by atoms with Crippen LogP contribution in [-0.4, -0.2) is 104 Å². The lowest BCUT2D eigenvalue weighted by Crippen LogP contribution is -2.65. The summed E-state index contributed by atoms with van der Waals surface area (Å²) < 4.78 is 0. The van der Waals surface area contributed by atoms with E-state index >= 15 is 0 Å². The summed E-state index contributed by atoms with van der Waals surface area (Å²) in [5.41, 5.74) is -5.53. The number of phenols is 6. The molecule has 2 aromatic carbocycles. The predicted molar refractivity (Wildman–Crippen MR) is 107 cm³/mol. The van der Waals surface area contributed by atoms with Crippen LogP contribution in [0, 0.1) is 0 Å². The Hall–Kier alpha value is -3.95. The molecule has 14 nitrogen and oxygen atoms in total. The topological polar surface area (TPSA) is 274 Å². The van der Waals surface area contributed by atoms with E-state index in [-0.39, 0.29) is 0 Å². The van der Waals surface area contributed by atoms with Crippen molar-refractivity contribution in [1.29, 1.82) is 0 Å². The van der Waals surface area contributed by atoms with Gasteiger partial charge in [0.2, 0.25) is 17.3 Å². The highest BCUT2D eigenvalue weighted by atomic mass is 16.4. The third-order valence-corrected chi connectivity index (χ3v) is 4.92. The lowest BCUT2D eigenvalue weighted by molar-refractivity contribution is -0.165. The lowest BCUT2D eigenvalue weighted by atomic mass is 9.78. The highest BCUT2D eigenvalue weighted by Crippen LogP contribution is 2.38. The van der Waals surface area contributed by atoms with Crippen molar-refractivity contribution in [2.45, 2.75) is 23.9 Å². The first-order chi connectivity index (χ1) is 15.7. The van der Waals surface area contributed by atoms with Crippen molar-refractivity contribution in [1.82, 2.24) is 0 Å². The van der Waals surface area contributed by atoms with Gasteiger partial charge in [0.1, 0.15) is 12.2 Å². The first-order valence-electron chi connectivity index (χ1n) is 9.19. The molecule has 0 aromatic heterocycles. The molecule has 0 unspecified atom stereocenters. The van der Waals surface area contributed by atoms with Gasteiger partial charge in [-0.1, -0.05) is 0 Å². The van der Waals surface area contributed by atoms with Gasteiger partial charge >= 0.3 is 0 Å². The Labute approximate surface area is 189 Å². The molecule has 2 rings (SSSR count). The van der Waals surface area contributed by atoms with Crippen LogP contribution in [0.15, 0.2) is 24.3 Å². The maximum atomic E-state index is 13.0. The summed E-state index contributed by atoms with van der Waals surface area (Å²) in [7, 11) is 0. The van der Waals surface area contributed by atoms with Crippen LogP contribution in [0.25, 0.3) is 0 Å². The van der Waals surface area contributed by atoms with E-state index in [2.05, 4.69) is 0 Å². The molecule has 34 heavy (non-hydrogen) atoms. The molecule has 0 aliphatic rings. The van der Waals surface area contributed by atoms with Crippen molar-refractivity contribution >= 4 is 17.3 Å². The van der Waals surface area contributed by atoms with Gasteiger partial charge in [0, 0.05) is 11.1 Å². The zero-order chi connectivity index (χ0) is 26.1. The fourth-order valence-electron chi connectivity index (χ4n) is 2.98. The minimum atomic E-state index is -3.79. The number of aliphatic hydroxyl groups is 5. The van der Waals surface area contributed by atoms with Crippen molar-refractivity contribution in [3.05, 3.63) is 35.4 Å². The monoisotopic (exact) mass is 484 g/mol. The molecular formula is C20H20O14. The van der Waals surface area contributed by atoms with Crippen molar-refractivity contribution in [2.24, 2.45) is 0 Å². The lowest BCUT2D eigenvalue weighted by Gasteiger charge is -2.36. The number of benzene rings is 2. The second-order valence-electron chi connectivity index (χ2n) is 7.17. The number of hydrogen-bond acceptors (Lipinski definition) is 14. The van der Waals surface area contributed by atoms with Gasteiger partial charge in [-0.15, -0.1) is 0 Å². The number of aliphatic hydroxyl groups excluding tert-OH is 4. The number of hydrogen-bond donors (Lipinski definition) is 11. The van der Waals surface area contributed by atoms with E-state index in [0.29, 0.717) is 24.3 Å². The van der Waals surface area contributed by atoms with E-state index in [0.717, 1.165) is 0 Å². The standard InChI is InChI=1S/C20H20O14/c21-5-12(26)18(32)20(34,17(31)7-3-10(24)15(29)11(25)4-7)19(33)16(30)13(27)6-1-8(22)14(28)9(23)2-6/h1-4,12,18-19,21-26,28-29,32-34H,5H2/t12-,18-,19+,20+/m1/s1. The fraction of sp³-hybridized carbons (Fsp3) is 0.250. The summed E-state index contributed by atoms with van der Waals surface area (Å²) in [6.07, 6.45) is -8.37. The number of aromatic hydroxyl groups is 6. The number of rotatable bonds is 9. The van der Waals surface area contributed by atoms with Gasteiger partial charge in [0.05, 0.1) is 6.61 Å². The van der Waals surface area contributed by atoms with E-state index in [9.17, 15) is 65.4 Å². The van der Waals surface area contributed by atoms with E-state index in [1.165, 1.54) is 0 Å². The molecule has 0 aliphatic carbocycles. The zero-order valence-electron chi connectivity index (χ0n) is 16.9. The SMILES string of the molecule is O=C(C(=O)[C@H](O)[C@](O)(C(=O)c1cc(O)c(O)c(O)c1)[C@H](O)[C@H](O)CO)c1cc(O)c(O)c(O)c1.